The van der Waals surface area contributed by atoms with Gasteiger partial charge in [0.1, 0.15) is 11.4 Å². The Hall–Kier alpha value is -1.86. The summed E-state index contributed by atoms with van der Waals surface area (Å²) < 4.78 is 0. The van der Waals surface area contributed by atoms with Crippen molar-refractivity contribution in [2.75, 3.05) is 37.4 Å². The smallest absolute Gasteiger partial charge is 0.316 e. The minimum Gasteiger partial charge on any atom is -0.379 e. The van der Waals surface area contributed by atoms with Gasteiger partial charge in [-0.15, -0.1) is 0 Å². The number of nitrogens with zero attached hydrogens (tertiary/aromatic N) is 2. The van der Waals surface area contributed by atoms with E-state index in [9.17, 15) is 10.1 Å². The third kappa shape index (κ3) is 3.37. The van der Waals surface area contributed by atoms with Crippen LogP contribution in [0.3, 0.4) is 0 Å². The molecule has 20 heavy (non-hydrogen) atoms. The van der Waals surface area contributed by atoms with Crippen LogP contribution in [0.25, 0.3) is 0 Å². The number of anilines is 2. The van der Waals surface area contributed by atoms with Crippen LogP contribution in [0.4, 0.5) is 17.1 Å². The first-order valence-corrected chi connectivity index (χ1v) is 6.78. The number of piperidine rings is 1. The minimum atomic E-state index is -0.411. The summed E-state index contributed by atoms with van der Waals surface area (Å²) in [6, 6.07) is 5.06. The van der Waals surface area contributed by atoms with Crippen molar-refractivity contribution in [1.29, 1.82) is 0 Å². The molecule has 0 spiro atoms. The molecule has 0 radical (unpaired) electrons. The molecule has 2 rings (SSSR count). The fourth-order valence-electron chi connectivity index (χ4n) is 2.52. The number of hydrogen-bond donors (Lipinski definition) is 3. The van der Waals surface area contributed by atoms with Gasteiger partial charge in [-0.2, -0.15) is 0 Å². The predicted octanol–water partition coefficient (Wildman–Crippen LogP) is 1.63. The van der Waals surface area contributed by atoms with E-state index >= 15 is 0 Å². The molecule has 1 fully saturated rings. The second-order valence-corrected chi connectivity index (χ2v) is 5.23. The molecule has 110 valence electrons. The SMILES string of the molecule is CN1CCC(CNc2cccc(NN)c2[N+](=O)[O-])CC1. The normalized spacial score (nSPS) is 16.9. The van der Waals surface area contributed by atoms with Crippen molar-refractivity contribution < 1.29 is 4.92 Å². The maximum absolute atomic E-state index is 11.2. The summed E-state index contributed by atoms with van der Waals surface area (Å²) in [5.41, 5.74) is 3.22. The van der Waals surface area contributed by atoms with E-state index in [4.69, 9.17) is 5.84 Å². The van der Waals surface area contributed by atoms with Crippen molar-refractivity contribution in [3.05, 3.63) is 28.3 Å². The van der Waals surface area contributed by atoms with Gasteiger partial charge in [-0.1, -0.05) is 6.07 Å². The van der Waals surface area contributed by atoms with Gasteiger partial charge in [0.25, 0.3) is 0 Å². The lowest BCUT2D eigenvalue weighted by molar-refractivity contribution is -0.383. The molecule has 1 aliphatic rings. The number of rotatable bonds is 5. The minimum absolute atomic E-state index is 0.00271. The van der Waals surface area contributed by atoms with E-state index in [2.05, 4.69) is 22.7 Å². The molecule has 7 nitrogen and oxygen atoms in total. The number of nitrogen functional groups attached to an aromatic ring is 1. The van der Waals surface area contributed by atoms with Crippen LogP contribution in [0, 0.1) is 16.0 Å². The molecule has 1 heterocycles. The number of benzene rings is 1. The second-order valence-electron chi connectivity index (χ2n) is 5.23. The standard InChI is InChI=1S/C13H21N5O2/c1-17-7-5-10(6-8-17)9-15-11-3-2-4-12(16-14)13(11)18(19)20/h2-4,10,15-16H,5-9,14H2,1H3. The molecule has 1 saturated heterocycles. The summed E-state index contributed by atoms with van der Waals surface area (Å²) >= 11 is 0. The fraction of sp³-hybridized carbons (Fsp3) is 0.538. The van der Waals surface area contributed by atoms with Crippen LogP contribution in [0.5, 0.6) is 0 Å². The Morgan fingerprint density at radius 1 is 1.40 bits per heavy atom. The number of para-hydroxylation sites is 1. The van der Waals surface area contributed by atoms with Crippen LogP contribution in [0.2, 0.25) is 0 Å². The molecule has 0 aliphatic carbocycles. The van der Waals surface area contributed by atoms with E-state index in [0.29, 0.717) is 17.3 Å². The van der Waals surface area contributed by atoms with Crippen LogP contribution < -0.4 is 16.6 Å². The third-order valence-electron chi connectivity index (χ3n) is 3.79. The van der Waals surface area contributed by atoms with Crippen LogP contribution >= 0.6 is 0 Å². The highest BCUT2D eigenvalue weighted by Gasteiger charge is 2.21. The number of nitro groups is 1. The largest absolute Gasteiger partial charge is 0.379 e. The second kappa shape index (κ2) is 6.53. The van der Waals surface area contributed by atoms with Crippen LogP contribution in [0.1, 0.15) is 12.8 Å². The molecular weight excluding hydrogens is 258 g/mol. The first kappa shape index (κ1) is 14.5. The van der Waals surface area contributed by atoms with Crippen LogP contribution in [-0.2, 0) is 0 Å². The number of nitrogens with one attached hydrogen (secondary N) is 2. The summed E-state index contributed by atoms with van der Waals surface area (Å²) in [6.07, 6.45) is 2.23. The topological polar surface area (TPSA) is 96.5 Å². The number of nitrogens with two attached hydrogens (primary N) is 1. The Morgan fingerprint density at radius 3 is 2.65 bits per heavy atom. The van der Waals surface area contributed by atoms with E-state index in [1.807, 2.05) is 0 Å². The Kier molecular flexibility index (Phi) is 4.75. The summed E-state index contributed by atoms with van der Waals surface area (Å²) in [5, 5.41) is 14.4. The zero-order valence-corrected chi connectivity index (χ0v) is 11.6. The lowest BCUT2D eigenvalue weighted by Crippen LogP contribution is -2.33. The Bertz CT molecular complexity index is 472. The van der Waals surface area contributed by atoms with Crippen molar-refractivity contribution in [1.82, 2.24) is 4.90 Å². The van der Waals surface area contributed by atoms with Crippen molar-refractivity contribution >= 4 is 17.1 Å². The Balaban J connectivity index is 2.04. The average Bonchev–Trinajstić information content (AvgIpc) is 2.46. The molecule has 0 amide bonds. The van der Waals surface area contributed by atoms with Crippen LogP contribution in [0.15, 0.2) is 18.2 Å². The molecule has 1 aliphatic heterocycles. The van der Waals surface area contributed by atoms with Gasteiger partial charge >= 0.3 is 5.69 Å². The summed E-state index contributed by atoms with van der Waals surface area (Å²) in [4.78, 5) is 13.1. The van der Waals surface area contributed by atoms with E-state index in [1.54, 1.807) is 18.2 Å². The predicted molar refractivity (Wildman–Crippen MR) is 79.6 cm³/mol. The zero-order valence-electron chi connectivity index (χ0n) is 11.6. The third-order valence-corrected chi connectivity index (χ3v) is 3.79. The van der Waals surface area contributed by atoms with Gasteiger partial charge in [0.05, 0.1) is 4.92 Å². The van der Waals surface area contributed by atoms with Gasteiger partial charge in [-0.05, 0) is 51.0 Å². The zero-order chi connectivity index (χ0) is 14.5. The maximum Gasteiger partial charge on any atom is 0.316 e. The molecule has 0 atom stereocenters. The van der Waals surface area contributed by atoms with E-state index < -0.39 is 4.92 Å². The Morgan fingerprint density at radius 2 is 2.05 bits per heavy atom. The highest BCUT2D eigenvalue weighted by molar-refractivity contribution is 5.75. The van der Waals surface area contributed by atoms with Gasteiger partial charge in [-0.25, -0.2) is 0 Å². The lowest BCUT2D eigenvalue weighted by Gasteiger charge is -2.29. The van der Waals surface area contributed by atoms with Crippen molar-refractivity contribution in [2.45, 2.75) is 12.8 Å². The molecule has 0 aromatic heterocycles. The molecule has 0 bridgehead atoms. The van der Waals surface area contributed by atoms with Crippen molar-refractivity contribution in [3.8, 4) is 0 Å². The number of hydrogen-bond acceptors (Lipinski definition) is 6. The first-order valence-electron chi connectivity index (χ1n) is 6.78. The molecule has 4 N–H and O–H groups in total. The summed E-state index contributed by atoms with van der Waals surface area (Å²) in [6.45, 7) is 2.92. The maximum atomic E-state index is 11.2. The molecular formula is C13H21N5O2. The van der Waals surface area contributed by atoms with Crippen LogP contribution in [-0.4, -0.2) is 36.5 Å². The van der Waals surface area contributed by atoms with Gasteiger partial charge in [0, 0.05) is 6.54 Å². The molecule has 0 unspecified atom stereocenters. The van der Waals surface area contributed by atoms with Gasteiger partial charge in [0.2, 0.25) is 0 Å². The average molecular weight is 279 g/mol. The van der Waals surface area contributed by atoms with Gasteiger partial charge < -0.3 is 15.6 Å². The lowest BCUT2D eigenvalue weighted by atomic mass is 9.97. The summed E-state index contributed by atoms with van der Waals surface area (Å²) in [7, 11) is 2.12. The van der Waals surface area contributed by atoms with E-state index in [0.717, 1.165) is 32.5 Å². The summed E-state index contributed by atoms with van der Waals surface area (Å²) in [5.74, 6) is 5.88. The molecule has 1 aromatic rings. The highest BCUT2D eigenvalue weighted by Crippen LogP contribution is 2.32. The fourth-order valence-corrected chi connectivity index (χ4v) is 2.52. The van der Waals surface area contributed by atoms with Gasteiger partial charge in [0.15, 0.2) is 0 Å². The monoisotopic (exact) mass is 279 g/mol. The van der Waals surface area contributed by atoms with E-state index in [1.165, 1.54) is 0 Å². The van der Waals surface area contributed by atoms with Crippen molar-refractivity contribution in [3.63, 3.8) is 0 Å². The number of likely N-dealkylation sites (tertiary alicyclic amines) is 1. The molecule has 0 saturated carbocycles. The quantitative estimate of drug-likeness (QED) is 0.431. The van der Waals surface area contributed by atoms with Gasteiger partial charge in [-0.3, -0.25) is 16.0 Å². The molecule has 7 heteroatoms. The van der Waals surface area contributed by atoms with E-state index in [-0.39, 0.29) is 5.69 Å². The first-order chi connectivity index (χ1) is 9.61. The molecule has 1 aromatic carbocycles. The highest BCUT2D eigenvalue weighted by atomic mass is 16.6. The number of nitro benzene ring substituents is 1. The Labute approximate surface area is 118 Å². The number of hydrazine groups is 1. The van der Waals surface area contributed by atoms with Crippen molar-refractivity contribution in [2.24, 2.45) is 11.8 Å².